The summed E-state index contributed by atoms with van der Waals surface area (Å²) in [7, 11) is 0. The molecule has 0 fully saturated rings. The van der Waals surface area contributed by atoms with Gasteiger partial charge in [-0.1, -0.05) is 28.9 Å². The fourth-order valence-electron chi connectivity index (χ4n) is 2.04. The highest BCUT2D eigenvalue weighted by Crippen LogP contribution is 2.22. The second-order valence-corrected chi connectivity index (χ2v) is 5.15. The molecule has 1 heterocycles. The zero-order valence-corrected chi connectivity index (χ0v) is 12.4. The third-order valence-electron chi connectivity index (χ3n) is 3.13. The van der Waals surface area contributed by atoms with Crippen LogP contribution < -0.4 is 10.9 Å². The minimum Gasteiger partial charge on any atom is -0.323 e. The first-order valence-electron chi connectivity index (χ1n) is 6.62. The van der Waals surface area contributed by atoms with E-state index in [0.29, 0.717) is 10.9 Å². The van der Waals surface area contributed by atoms with Gasteiger partial charge >= 0.3 is 0 Å². The smallest absolute Gasteiger partial charge is 0.278 e. The maximum Gasteiger partial charge on any atom is 0.278 e. The van der Waals surface area contributed by atoms with Crippen molar-refractivity contribution in [2.24, 2.45) is 0 Å². The Morgan fingerprint density at radius 2 is 2.04 bits per heavy atom. The van der Waals surface area contributed by atoms with Crippen LogP contribution >= 0.6 is 11.6 Å². The van der Waals surface area contributed by atoms with Crippen molar-refractivity contribution in [2.45, 2.75) is 6.54 Å². The fourth-order valence-corrected chi connectivity index (χ4v) is 2.26. The third kappa shape index (κ3) is 3.19. The van der Waals surface area contributed by atoms with E-state index in [1.807, 2.05) is 0 Å². The summed E-state index contributed by atoms with van der Waals surface area (Å²) in [6.07, 6.45) is 0. The first-order chi connectivity index (χ1) is 11.0. The molecule has 2 aromatic carbocycles. The summed E-state index contributed by atoms with van der Waals surface area (Å²) < 4.78 is 13.9. The Morgan fingerprint density at radius 3 is 2.83 bits per heavy atom. The highest BCUT2D eigenvalue weighted by atomic mass is 35.5. The maximum atomic E-state index is 13.0. The molecule has 3 rings (SSSR count). The summed E-state index contributed by atoms with van der Waals surface area (Å²) in [5.41, 5.74) is 0.284. The lowest BCUT2D eigenvalue weighted by Crippen LogP contribution is -2.30. The van der Waals surface area contributed by atoms with E-state index >= 15 is 0 Å². The summed E-state index contributed by atoms with van der Waals surface area (Å²) in [6.45, 7) is -0.329. The lowest BCUT2D eigenvalue weighted by atomic mass is 10.2. The van der Waals surface area contributed by atoms with Crippen molar-refractivity contribution >= 4 is 34.1 Å². The van der Waals surface area contributed by atoms with Gasteiger partial charge in [-0.05, 0) is 30.3 Å². The van der Waals surface area contributed by atoms with Crippen LogP contribution in [-0.4, -0.2) is 20.9 Å². The SMILES string of the molecule is O=C(Cn1nnc2ccccc2c1=O)Nc1ccc(F)cc1Cl. The average Bonchev–Trinajstić information content (AvgIpc) is 2.53. The number of anilines is 1. The largest absolute Gasteiger partial charge is 0.323 e. The predicted molar refractivity (Wildman–Crippen MR) is 83.8 cm³/mol. The molecular weight excluding hydrogens is 323 g/mol. The lowest BCUT2D eigenvalue weighted by molar-refractivity contribution is -0.117. The topological polar surface area (TPSA) is 76.9 Å². The number of nitrogens with zero attached hydrogens (tertiary/aromatic N) is 3. The number of nitrogens with one attached hydrogen (secondary N) is 1. The minimum absolute atomic E-state index is 0.0651. The number of benzene rings is 2. The fraction of sp³-hybridized carbons (Fsp3) is 0.0667. The zero-order chi connectivity index (χ0) is 16.4. The van der Waals surface area contributed by atoms with Crippen LogP contribution in [0.25, 0.3) is 10.9 Å². The summed E-state index contributed by atoms with van der Waals surface area (Å²) >= 11 is 5.83. The Morgan fingerprint density at radius 1 is 1.26 bits per heavy atom. The molecule has 0 saturated heterocycles. The number of halogens is 2. The molecule has 0 radical (unpaired) electrons. The van der Waals surface area contributed by atoms with Gasteiger partial charge in [0.05, 0.1) is 16.1 Å². The summed E-state index contributed by atoms with van der Waals surface area (Å²) in [5.74, 6) is -1.03. The van der Waals surface area contributed by atoms with Gasteiger partial charge in [0.2, 0.25) is 5.91 Å². The Labute approximate surface area is 134 Å². The predicted octanol–water partition coefficient (Wildman–Crippen LogP) is 2.22. The number of rotatable bonds is 3. The molecule has 1 amide bonds. The third-order valence-corrected chi connectivity index (χ3v) is 3.44. The van der Waals surface area contributed by atoms with E-state index in [9.17, 15) is 14.0 Å². The van der Waals surface area contributed by atoms with Gasteiger partial charge in [-0.25, -0.2) is 9.07 Å². The number of fused-ring (bicyclic) bond motifs is 1. The molecular formula is C15H10ClFN4O2. The first-order valence-corrected chi connectivity index (χ1v) is 7.00. The minimum atomic E-state index is -0.523. The van der Waals surface area contributed by atoms with Gasteiger partial charge in [0.1, 0.15) is 17.9 Å². The van der Waals surface area contributed by atoms with Crippen LogP contribution in [0.4, 0.5) is 10.1 Å². The molecule has 0 bridgehead atoms. The molecule has 0 aliphatic carbocycles. The molecule has 23 heavy (non-hydrogen) atoms. The Hall–Kier alpha value is -2.80. The van der Waals surface area contributed by atoms with Crippen LogP contribution in [-0.2, 0) is 11.3 Å². The molecule has 0 atom stereocenters. The van der Waals surface area contributed by atoms with Crippen LogP contribution in [0.1, 0.15) is 0 Å². The molecule has 0 aliphatic heterocycles. The van der Waals surface area contributed by atoms with Gasteiger partial charge in [0.15, 0.2) is 0 Å². The zero-order valence-electron chi connectivity index (χ0n) is 11.7. The van der Waals surface area contributed by atoms with E-state index in [2.05, 4.69) is 15.6 Å². The summed E-state index contributed by atoms with van der Waals surface area (Å²) in [4.78, 5) is 24.2. The molecule has 0 aliphatic rings. The number of hydrogen-bond acceptors (Lipinski definition) is 4. The molecule has 116 valence electrons. The van der Waals surface area contributed by atoms with E-state index in [1.165, 1.54) is 12.1 Å². The molecule has 0 saturated carbocycles. The number of carbonyl (C=O) groups is 1. The maximum absolute atomic E-state index is 13.0. The lowest BCUT2D eigenvalue weighted by Gasteiger charge is -2.08. The standard InChI is InChI=1S/C15H10ClFN4O2/c16-11-7-9(17)5-6-13(11)18-14(22)8-21-15(23)10-3-1-2-4-12(10)19-20-21/h1-7H,8H2,(H,18,22). The van der Waals surface area contributed by atoms with Gasteiger partial charge in [0.25, 0.3) is 5.56 Å². The van der Waals surface area contributed by atoms with Crippen molar-refractivity contribution in [1.82, 2.24) is 15.0 Å². The van der Waals surface area contributed by atoms with E-state index in [0.717, 1.165) is 10.7 Å². The second-order valence-electron chi connectivity index (χ2n) is 4.74. The van der Waals surface area contributed by atoms with Crippen LogP contribution in [0, 0.1) is 5.82 Å². The van der Waals surface area contributed by atoms with Gasteiger partial charge in [-0.2, -0.15) is 0 Å². The Kier molecular flexibility index (Phi) is 4.03. The van der Waals surface area contributed by atoms with E-state index < -0.39 is 17.3 Å². The molecule has 8 heteroatoms. The molecule has 0 unspecified atom stereocenters. The molecule has 6 nitrogen and oxygen atoms in total. The second kappa shape index (κ2) is 6.13. The number of amides is 1. The van der Waals surface area contributed by atoms with Crippen molar-refractivity contribution in [3.05, 3.63) is 63.7 Å². The monoisotopic (exact) mass is 332 g/mol. The normalized spacial score (nSPS) is 10.7. The van der Waals surface area contributed by atoms with Crippen LogP contribution in [0.15, 0.2) is 47.3 Å². The van der Waals surface area contributed by atoms with Crippen LogP contribution in [0.5, 0.6) is 0 Å². The Bertz CT molecular complexity index is 958. The highest BCUT2D eigenvalue weighted by Gasteiger charge is 2.11. The van der Waals surface area contributed by atoms with Gasteiger partial charge in [0, 0.05) is 0 Å². The first kappa shape index (κ1) is 15.1. The average molecular weight is 333 g/mol. The van der Waals surface area contributed by atoms with Crippen molar-refractivity contribution in [2.75, 3.05) is 5.32 Å². The van der Waals surface area contributed by atoms with E-state index in [4.69, 9.17) is 11.6 Å². The molecule has 1 N–H and O–H groups in total. The number of carbonyl (C=O) groups excluding carboxylic acids is 1. The molecule has 0 spiro atoms. The van der Waals surface area contributed by atoms with Crippen molar-refractivity contribution in [3.8, 4) is 0 Å². The van der Waals surface area contributed by atoms with Crippen molar-refractivity contribution in [3.63, 3.8) is 0 Å². The Balaban J connectivity index is 1.83. The van der Waals surface area contributed by atoms with Crippen molar-refractivity contribution < 1.29 is 9.18 Å². The van der Waals surface area contributed by atoms with Gasteiger partial charge in [-0.3, -0.25) is 9.59 Å². The van der Waals surface area contributed by atoms with Crippen LogP contribution in [0.2, 0.25) is 5.02 Å². The molecule has 3 aromatic rings. The quantitative estimate of drug-likeness (QED) is 0.798. The van der Waals surface area contributed by atoms with Gasteiger partial charge in [-0.15, -0.1) is 5.10 Å². The van der Waals surface area contributed by atoms with E-state index in [-0.39, 0.29) is 17.3 Å². The number of hydrogen-bond donors (Lipinski definition) is 1. The van der Waals surface area contributed by atoms with E-state index in [1.54, 1.807) is 24.3 Å². The molecule has 1 aromatic heterocycles. The summed E-state index contributed by atoms with van der Waals surface area (Å²) in [6, 6.07) is 10.3. The highest BCUT2D eigenvalue weighted by molar-refractivity contribution is 6.33. The number of aromatic nitrogens is 3. The van der Waals surface area contributed by atoms with Gasteiger partial charge < -0.3 is 5.32 Å². The van der Waals surface area contributed by atoms with Crippen molar-refractivity contribution in [1.29, 1.82) is 0 Å². The van der Waals surface area contributed by atoms with Crippen LogP contribution in [0.3, 0.4) is 0 Å². The summed E-state index contributed by atoms with van der Waals surface area (Å²) in [5, 5.41) is 10.5.